The van der Waals surface area contributed by atoms with Gasteiger partial charge in [0.1, 0.15) is 5.82 Å². The molecule has 1 atom stereocenters. The number of benzene rings is 1. The fourth-order valence-electron chi connectivity index (χ4n) is 1.86. The smallest absolute Gasteiger partial charge is 0.224 e. The zero-order chi connectivity index (χ0) is 14.4. The fraction of sp³-hybridized carbons (Fsp3) is 0.375. The van der Waals surface area contributed by atoms with Gasteiger partial charge in [-0.05, 0) is 31.9 Å². The number of hydrogen-bond donors (Lipinski definition) is 2. The number of nitrogens with one attached hydrogen (secondary N) is 2. The third-order valence-electron chi connectivity index (χ3n) is 3.20. The van der Waals surface area contributed by atoms with Crippen LogP contribution in [0.25, 0.3) is 0 Å². The van der Waals surface area contributed by atoms with Crippen LogP contribution in [0, 0.1) is 6.92 Å². The van der Waals surface area contributed by atoms with E-state index in [2.05, 4.69) is 65.6 Å². The maximum atomic E-state index is 4.46. The van der Waals surface area contributed by atoms with Crippen molar-refractivity contribution in [2.24, 2.45) is 0 Å². The van der Waals surface area contributed by atoms with E-state index in [9.17, 15) is 0 Å². The Balaban J connectivity index is 1.97. The molecule has 20 heavy (non-hydrogen) atoms. The lowest BCUT2D eigenvalue weighted by molar-refractivity contribution is 0.753. The molecule has 106 valence electrons. The van der Waals surface area contributed by atoms with Crippen LogP contribution in [0.4, 0.5) is 11.8 Å². The normalized spacial score (nSPS) is 11.9. The lowest BCUT2D eigenvalue weighted by Crippen LogP contribution is -2.16. The molecule has 4 nitrogen and oxygen atoms in total. The molecule has 0 radical (unpaired) electrons. The molecule has 0 aliphatic heterocycles. The van der Waals surface area contributed by atoms with Crippen molar-refractivity contribution in [2.45, 2.75) is 39.8 Å². The Morgan fingerprint density at radius 1 is 1.25 bits per heavy atom. The molecule has 1 unspecified atom stereocenters. The number of anilines is 2. The predicted octanol–water partition coefficient (Wildman–Crippen LogP) is 3.61. The minimum atomic E-state index is 0.377. The Kier molecular flexibility index (Phi) is 4.93. The topological polar surface area (TPSA) is 49.8 Å². The molecule has 0 aliphatic rings. The maximum absolute atomic E-state index is 4.46. The van der Waals surface area contributed by atoms with Gasteiger partial charge in [-0.3, -0.25) is 0 Å². The molecule has 4 heteroatoms. The SMILES string of the molecule is CCC(C)Nc1nccc(NCc2cccc(C)c2)n1. The second-order valence-electron chi connectivity index (χ2n) is 5.06. The Morgan fingerprint density at radius 2 is 2.10 bits per heavy atom. The molecular weight excluding hydrogens is 248 g/mol. The van der Waals surface area contributed by atoms with Crippen molar-refractivity contribution >= 4 is 11.8 Å². The fourth-order valence-corrected chi connectivity index (χ4v) is 1.86. The summed E-state index contributed by atoms with van der Waals surface area (Å²) in [6.45, 7) is 7.12. The second-order valence-corrected chi connectivity index (χ2v) is 5.06. The molecule has 2 N–H and O–H groups in total. The van der Waals surface area contributed by atoms with Crippen molar-refractivity contribution in [3.63, 3.8) is 0 Å². The molecule has 0 saturated carbocycles. The highest BCUT2D eigenvalue weighted by molar-refractivity contribution is 5.40. The average Bonchev–Trinajstić information content (AvgIpc) is 2.45. The van der Waals surface area contributed by atoms with Crippen molar-refractivity contribution in [3.8, 4) is 0 Å². The van der Waals surface area contributed by atoms with Gasteiger partial charge in [0.25, 0.3) is 0 Å². The van der Waals surface area contributed by atoms with Gasteiger partial charge in [0.15, 0.2) is 0 Å². The van der Waals surface area contributed by atoms with Gasteiger partial charge in [-0.25, -0.2) is 4.98 Å². The summed E-state index contributed by atoms with van der Waals surface area (Å²) in [6.07, 6.45) is 2.82. The Morgan fingerprint density at radius 3 is 2.85 bits per heavy atom. The molecule has 0 aliphatic carbocycles. The van der Waals surface area contributed by atoms with E-state index in [1.54, 1.807) is 6.20 Å². The van der Waals surface area contributed by atoms with Gasteiger partial charge >= 0.3 is 0 Å². The Labute approximate surface area is 120 Å². The van der Waals surface area contributed by atoms with Crippen LogP contribution in [0.15, 0.2) is 36.5 Å². The summed E-state index contributed by atoms with van der Waals surface area (Å²) in [4.78, 5) is 8.70. The molecule has 1 aromatic carbocycles. The standard InChI is InChI=1S/C16H22N4/c1-4-13(3)19-16-17-9-8-15(20-16)18-11-14-7-5-6-12(2)10-14/h5-10,13H,4,11H2,1-3H3,(H2,17,18,19,20). The highest BCUT2D eigenvalue weighted by atomic mass is 15.1. The number of nitrogens with zero attached hydrogens (tertiary/aromatic N) is 2. The molecule has 0 saturated heterocycles. The largest absolute Gasteiger partial charge is 0.366 e. The van der Waals surface area contributed by atoms with Crippen LogP contribution in [0.5, 0.6) is 0 Å². The molecule has 2 rings (SSSR count). The first-order valence-electron chi connectivity index (χ1n) is 7.06. The third-order valence-corrected chi connectivity index (χ3v) is 3.20. The lowest BCUT2D eigenvalue weighted by atomic mass is 10.1. The van der Waals surface area contributed by atoms with Gasteiger partial charge in [0.05, 0.1) is 0 Å². The van der Waals surface area contributed by atoms with Crippen LogP contribution >= 0.6 is 0 Å². The number of aromatic nitrogens is 2. The summed E-state index contributed by atoms with van der Waals surface area (Å²) >= 11 is 0. The molecule has 0 spiro atoms. The summed E-state index contributed by atoms with van der Waals surface area (Å²) < 4.78 is 0. The van der Waals surface area contributed by atoms with E-state index in [0.29, 0.717) is 12.0 Å². The van der Waals surface area contributed by atoms with E-state index < -0.39 is 0 Å². The Bertz CT molecular complexity index is 554. The van der Waals surface area contributed by atoms with Crippen molar-refractivity contribution in [2.75, 3.05) is 10.6 Å². The molecule has 1 aromatic heterocycles. The van der Waals surface area contributed by atoms with Crippen molar-refractivity contribution in [3.05, 3.63) is 47.7 Å². The summed E-state index contributed by atoms with van der Waals surface area (Å²) in [5.74, 6) is 1.51. The van der Waals surface area contributed by atoms with E-state index in [4.69, 9.17) is 0 Å². The molecule has 0 bridgehead atoms. The van der Waals surface area contributed by atoms with Crippen molar-refractivity contribution in [1.82, 2.24) is 9.97 Å². The lowest BCUT2D eigenvalue weighted by Gasteiger charge is -2.12. The van der Waals surface area contributed by atoms with Crippen molar-refractivity contribution in [1.29, 1.82) is 0 Å². The third kappa shape index (κ3) is 4.23. The van der Waals surface area contributed by atoms with Crippen LogP contribution in [0.2, 0.25) is 0 Å². The summed E-state index contributed by atoms with van der Waals surface area (Å²) in [6, 6.07) is 10.7. The van der Waals surface area contributed by atoms with E-state index in [1.165, 1.54) is 11.1 Å². The number of aryl methyl sites for hydroxylation is 1. The first kappa shape index (κ1) is 14.3. The van der Waals surface area contributed by atoms with Gasteiger partial charge in [-0.2, -0.15) is 4.98 Å². The zero-order valence-corrected chi connectivity index (χ0v) is 12.4. The summed E-state index contributed by atoms with van der Waals surface area (Å²) in [5, 5.41) is 6.61. The second kappa shape index (κ2) is 6.89. The highest BCUT2D eigenvalue weighted by Crippen LogP contribution is 2.10. The molecule has 1 heterocycles. The van der Waals surface area contributed by atoms with E-state index in [-0.39, 0.29) is 0 Å². The van der Waals surface area contributed by atoms with Gasteiger partial charge in [-0.15, -0.1) is 0 Å². The van der Waals surface area contributed by atoms with E-state index >= 15 is 0 Å². The summed E-state index contributed by atoms with van der Waals surface area (Å²) in [7, 11) is 0. The molecule has 0 fully saturated rings. The van der Waals surface area contributed by atoms with E-state index in [0.717, 1.165) is 18.8 Å². The van der Waals surface area contributed by atoms with Gasteiger partial charge < -0.3 is 10.6 Å². The van der Waals surface area contributed by atoms with Crippen LogP contribution in [0.1, 0.15) is 31.4 Å². The maximum Gasteiger partial charge on any atom is 0.224 e. The van der Waals surface area contributed by atoms with Gasteiger partial charge in [0, 0.05) is 18.8 Å². The number of rotatable bonds is 6. The van der Waals surface area contributed by atoms with Crippen LogP contribution in [0.3, 0.4) is 0 Å². The predicted molar refractivity (Wildman–Crippen MR) is 83.9 cm³/mol. The van der Waals surface area contributed by atoms with Crippen LogP contribution in [-0.2, 0) is 6.54 Å². The quantitative estimate of drug-likeness (QED) is 0.842. The minimum absolute atomic E-state index is 0.377. The van der Waals surface area contributed by atoms with Crippen LogP contribution in [-0.4, -0.2) is 16.0 Å². The van der Waals surface area contributed by atoms with E-state index in [1.807, 2.05) is 6.07 Å². The monoisotopic (exact) mass is 270 g/mol. The average molecular weight is 270 g/mol. The van der Waals surface area contributed by atoms with Crippen LogP contribution < -0.4 is 10.6 Å². The molecule has 0 amide bonds. The first-order valence-corrected chi connectivity index (χ1v) is 7.06. The first-order chi connectivity index (χ1) is 9.67. The van der Waals surface area contributed by atoms with Gasteiger partial charge in [0.2, 0.25) is 5.95 Å². The molecular formula is C16H22N4. The molecule has 2 aromatic rings. The van der Waals surface area contributed by atoms with Crippen molar-refractivity contribution < 1.29 is 0 Å². The van der Waals surface area contributed by atoms with Gasteiger partial charge in [-0.1, -0.05) is 36.8 Å². The summed E-state index contributed by atoms with van der Waals surface area (Å²) in [5.41, 5.74) is 2.52. The number of hydrogen-bond acceptors (Lipinski definition) is 4. The Hall–Kier alpha value is -2.10. The zero-order valence-electron chi connectivity index (χ0n) is 12.4. The minimum Gasteiger partial charge on any atom is -0.366 e. The highest BCUT2D eigenvalue weighted by Gasteiger charge is 2.02.